The van der Waals surface area contributed by atoms with E-state index < -0.39 is 112 Å². The second-order valence-electron chi connectivity index (χ2n) is 17.4. The minimum absolute atomic E-state index is 0.0556. The molecule has 8 rings (SSSR count). The SMILES string of the molecule is CC(=O)O[C@@]12O[C@@H]3C[C@H](O)[C@@](C)(C1=O)[C@H]([C@H](OC(=O)c1ccccc1)[C@]1(O)C[C@H](OC(=O)[C@H](O)[C@@H](NC(=O)c4ccccc4)c4ccncc4)C(C)=C2C1(C)C)[C@@]3(C)OC(C)=O. The number of nitrogens with zero attached hydrogens (tertiary/aromatic N) is 1. The zero-order valence-corrected chi connectivity index (χ0v) is 35.3. The van der Waals surface area contributed by atoms with E-state index in [4.69, 9.17) is 23.7 Å². The highest BCUT2D eigenvalue weighted by Gasteiger charge is 2.81. The zero-order chi connectivity index (χ0) is 45.2. The minimum Gasteiger partial charge on any atom is -0.456 e. The van der Waals surface area contributed by atoms with Crippen molar-refractivity contribution in [2.45, 2.75) is 115 Å². The highest BCUT2D eigenvalue weighted by Crippen LogP contribution is 2.67. The molecule has 62 heavy (non-hydrogen) atoms. The Labute approximate surface area is 357 Å². The van der Waals surface area contributed by atoms with Crippen LogP contribution in [-0.2, 0) is 42.9 Å². The normalized spacial score (nSPS) is 32.9. The lowest BCUT2D eigenvalue weighted by Crippen LogP contribution is -2.76. The van der Waals surface area contributed by atoms with Gasteiger partial charge in [0.2, 0.25) is 5.78 Å². The summed E-state index contributed by atoms with van der Waals surface area (Å²) in [5.74, 6) is -10.0. The Hall–Kier alpha value is -5.81. The van der Waals surface area contributed by atoms with Crippen LogP contribution in [0, 0.1) is 16.7 Å². The van der Waals surface area contributed by atoms with Crippen LogP contribution in [-0.4, -0.2) is 103 Å². The van der Waals surface area contributed by atoms with Gasteiger partial charge in [0.1, 0.15) is 29.5 Å². The fraction of sp³-hybridized carbons (Fsp3) is 0.457. The van der Waals surface area contributed by atoms with Crippen molar-refractivity contribution in [1.82, 2.24) is 10.3 Å². The lowest BCUT2D eigenvalue weighted by molar-refractivity contribution is -0.266. The summed E-state index contributed by atoms with van der Waals surface area (Å²) >= 11 is 0. The number of aliphatic hydroxyl groups is 3. The number of benzene rings is 2. The Morgan fingerprint density at radius 2 is 1.44 bits per heavy atom. The third-order valence-electron chi connectivity index (χ3n) is 13.4. The number of amides is 1. The average Bonchev–Trinajstić information content (AvgIpc) is 3.33. The van der Waals surface area contributed by atoms with Gasteiger partial charge in [0.15, 0.2) is 6.10 Å². The predicted octanol–water partition coefficient (Wildman–Crippen LogP) is 3.48. The number of hydrogen-bond donors (Lipinski definition) is 4. The molecule has 2 saturated heterocycles. The zero-order valence-electron chi connectivity index (χ0n) is 35.3. The summed E-state index contributed by atoms with van der Waals surface area (Å²) < 4.78 is 31.2. The van der Waals surface area contributed by atoms with Crippen LogP contribution in [0.5, 0.6) is 0 Å². The molecule has 328 valence electrons. The summed E-state index contributed by atoms with van der Waals surface area (Å²) in [6, 6.07) is 17.5. The summed E-state index contributed by atoms with van der Waals surface area (Å²) in [4.78, 5) is 88.0. The fourth-order valence-electron chi connectivity index (χ4n) is 10.4. The smallest absolute Gasteiger partial charge is 0.338 e. The number of aliphatic hydroxyl groups excluding tert-OH is 2. The number of hydrogen-bond acceptors (Lipinski definition) is 15. The largest absolute Gasteiger partial charge is 0.456 e. The molecule has 1 aromatic heterocycles. The van der Waals surface area contributed by atoms with Crippen LogP contribution in [0.2, 0.25) is 0 Å². The summed E-state index contributed by atoms with van der Waals surface area (Å²) in [6.45, 7) is 9.48. The molecule has 4 N–H and O–H groups in total. The van der Waals surface area contributed by atoms with Crippen molar-refractivity contribution < 1.29 is 67.8 Å². The molecular weight excluding hydrogens is 805 g/mol. The molecule has 0 radical (unpaired) electrons. The molecule has 16 heteroatoms. The first-order valence-electron chi connectivity index (χ1n) is 20.3. The Balaban J connectivity index is 1.42. The average molecular weight is 855 g/mol. The van der Waals surface area contributed by atoms with Crippen LogP contribution in [0.4, 0.5) is 0 Å². The van der Waals surface area contributed by atoms with Gasteiger partial charge in [0.05, 0.1) is 29.0 Å². The van der Waals surface area contributed by atoms with Crippen molar-refractivity contribution in [3.05, 3.63) is 113 Å². The molecule has 3 aliphatic carbocycles. The van der Waals surface area contributed by atoms with E-state index in [-0.39, 0.29) is 28.7 Å². The van der Waals surface area contributed by atoms with Gasteiger partial charge in [0.25, 0.3) is 11.7 Å². The first-order valence-corrected chi connectivity index (χ1v) is 20.3. The number of fused-ring (bicyclic) bond motifs is 3. The standard InChI is InChI=1S/C46H50N2O14/c1-24-30(58-40(55)34(52)33(27-18-20-47-21-19-27)48-38(53)28-14-10-8-11-15-28)23-45(57)37(59-39(54)29-16-12-9-13-17-29)36-43(6)31(51)22-32(44(36,7)60-25(2)49)62-46(41(43)56,61-26(3)50)35(24)42(45,4)5/h8-21,30-34,36-37,51-52,57H,22-23H2,1-7H3,(H,48,53)/t30-,31-,32+,33-,34+,36-,37-,43+,44-,45+,46-/m0/s1. The Morgan fingerprint density at radius 1 is 0.855 bits per heavy atom. The molecule has 0 unspecified atom stereocenters. The first-order chi connectivity index (χ1) is 29.1. The predicted molar refractivity (Wildman–Crippen MR) is 215 cm³/mol. The minimum atomic E-state index is -2.75. The second kappa shape index (κ2) is 15.8. The van der Waals surface area contributed by atoms with E-state index in [1.54, 1.807) is 48.5 Å². The van der Waals surface area contributed by atoms with Gasteiger partial charge in [0, 0.05) is 55.6 Å². The molecule has 6 bridgehead atoms. The highest BCUT2D eigenvalue weighted by molar-refractivity contribution is 5.99. The van der Waals surface area contributed by atoms with E-state index in [0.29, 0.717) is 5.56 Å². The van der Waals surface area contributed by atoms with Gasteiger partial charge in [-0.25, -0.2) is 9.59 Å². The monoisotopic (exact) mass is 854 g/mol. The van der Waals surface area contributed by atoms with E-state index in [2.05, 4.69) is 10.3 Å². The van der Waals surface area contributed by atoms with Crippen LogP contribution in [0.15, 0.2) is 96.3 Å². The lowest BCUT2D eigenvalue weighted by atomic mass is 9.46. The number of carbonyl (C=O) groups is 6. The molecule has 1 amide bonds. The maximum Gasteiger partial charge on any atom is 0.338 e. The number of rotatable bonds is 10. The Bertz CT molecular complexity index is 2320. The topological polar surface area (TPSA) is 234 Å². The van der Waals surface area contributed by atoms with Gasteiger partial charge in [-0.1, -0.05) is 50.2 Å². The summed E-state index contributed by atoms with van der Waals surface area (Å²) in [5.41, 5.74) is -7.86. The van der Waals surface area contributed by atoms with Gasteiger partial charge in [-0.05, 0) is 68.3 Å². The molecule has 11 atom stereocenters. The number of carbonyl (C=O) groups excluding carboxylic acids is 6. The van der Waals surface area contributed by atoms with E-state index in [1.807, 2.05) is 0 Å². The quantitative estimate of drug-likeness (QED) is 0.130. The Morgan fingerprint density at radius 3 is 2.02 bits per heavy atom. The number of esters is 4. The maximum absolute atomic E-state index is 15.7. The second-order valence-corrected chi connectivity index (χ2v) is 17.4. The van der Waals surface area contributed by atoms with E-state index in [9.17, 15) is 39.3 Å². The molecule has 3 heterocycles. The molecule has 5 aliphatic rings. The lowest BCUT2D eigenvalue weighted by Gasteiger charge is -2.62. The first kappa shape index (κ1) is 44.3. The summed E-state index contributed by atoms with van der Waals surface area (Å²) in [5, 5.41) is 40.2. The van der Waals surface area contributed by atoms with E-state index >= 15 is 4.79 Å². The van der Waals surface area contributed by atoms with Crippen molar-refractivity contribution in [2.24, 2.45) is 16.7 Å². The van der Waals surface area contributed by atoms with Gasteiger partial charge >= 0.3 is 23.9 Å². The fourth-order valence-corrected chi connectivity index (χ4v) is 10.4. The third-order valence-corrected chi connectivity index (χ3v) is 13.4. The summed E-state index contributed by atoms with van der Waals surface area (Å²) in [7, 11) is 0. The maximum atomic E-state index is 15.7. The van der Waals surface area contributed by atoms with Crippen LogP contribution >= 0.6 is 0 Å². The Kier molecular flexibility index (Phi) is 11.3. The van der Waals surface area contributed by atoms with Crippen LogP contribution in [0.1, 0.15) is 93.6 Å². The van der Waals surface area contributed by atoms with Crippen LogP contribution in [0.25, 0.3) is 0 Å². The number of Topliss-reactive ketones (excluding diaryl/α,β-unsaturated/α-hetero) is 1. The molecule has 4 fully saturated rings. The molecule has 0 spiro atoms. The van der Waals surface area contributed by atoms with Crippen LogP contribution in [0.3, 0.4) is 0 Å². The number of pyridine rings is 1. The molecule has 2 aliphatic heterocycles. The van der Waals surface area contributed by atoms with Crippen molar-refractivity contribution in [2.75, 3.05) is 0 Å². The van der Waals surface area contributed by atoms with Crippen molar-refractivity contribution in [3.63, 3.8) is 0 Å². The number of nitrogens with one attached hydrogen (secondary N) is 1. The third kappa shape index (κ3) is 6.89. The summed E-state index contributed by atoms with van der Waals surface area (Å²) in [6.07, 6.45) is -6.62. The molecule has 16 nitrogen and oxygen atoms in total. The van der Waals surface area contributed by atoms with Gasteiger partial charge < -0.3 is 44.3 Å². The molecule has 2 saturated carbocycles. The van der Waals surface area contributed by atoms with Gasteiger partial charge in [-0.15, -0.1) is 0 Å². The van der Waals surface area contributed by atoms with Crippen LogP contribution < -0.4 is 5.32 Å². The van der Waals surface area contributed by atoms with Crippen molar-refractivity contribution in [1.29, 1.82) is 0 Å². The number of ketones is 1. The van der Waals surface area contributed by atoms with Gasteiger partial charge in [-0.3, -0.25) is 24.2 Å². The number of ether oxygens (including phenoxy) is 5. The molecular formula is C46H50N2O14. The number of aromatic nitrogens is 1. The molecule has 2 aromatic carbocycles. The van der Waals surface area contributed by atoms with Crippen molar-refractivity contribution >= 4 is 35.6 Å². The highest BCUT2D eigenvalue weighted by atomic mass is 16.7. The van der Waals surface area contributed by atoms with Crippen molar-refractivity contribution in [3.8, 4) is 0 Å². The van der Waals surface area contributed by atoms with Gasteiger partial charge in [-0.2, -0.15) is 0 Å². The van der Waals surface area contributed by atoms with E-state index in [1.165, 1.54) is 71.3 Å². The molecule has 3 aromatic rings. The van der Waals surface area contributed by atoms with E-state index in [0.717, 1.165) is 13.8 Å².